The number of hydrogen-bond acceptors (Lipinski definition) is 4. The smallest absolute Gasteiger partial charge is 0.174 e. The molecule has 0 amide bonds. The number of hydrogen-bond donors (Lipinski definition) is 0. The third kappa shape index (κ3) is 4.44. The molecule has 0 bridgehead atoms. The van der Waals surface area contributed by atoms with Gasteiger partial charge in [0, 0.05) is 28.5 Å². The number of nitrogens with zero attached hydrogens (tertiary/aromatic N) is 3. The first-order valence-corrected chi connectivity index (χ1v) is 13.6. The van der Waals surface area contributed by atoms with Gasteiger partial charge in [-0.05, 0) is 72.1 Å². The predicted octanol–water partition coefficient (Wildman–Crippen LogP) is 8.04. The minimum absolute atomic E-state index is 0.0312. The fraction of sp³-hybridized carbons (Fsp3) is 0.167. The summed E-state index contributed by atoms with van der Waals surface area (Å²) in [5.41, 5.74) is 9.58. The monoisotopic (exact) mass is 529 g/mol. The molecule has 1 unspecified atom stereocenters. The zero-order valence-corrected chi connectivity index (χ0v) is 22.4. The Morgan fingerprint density at radius 2 is 1.56 bits per heavy atom. The largest absolute Gasteiger partial charge is 0.308 e. The molecule has 1 atom stereocenters. The van der Waals surface area contributed by atoms with Gasteiger partial charge in [-0.15, -0.1) is 0 Å². The molecule has 0 N–H and O–H groups in total. The van der Waals surface area contributed by atoms with Gasteiger partial charge in [0.1, 0.15) is 0 Å². The summed E-state index contributed by atoms with van der Waals surface area (Å²) in [5.74, 6) is 0. The highest BCUT2D eigenvalue weighted by Crippen LogP contribution is 2.49. The molecule has 0 radical (unpaired) electrons. The molecule has 3 aromatic carbocycles. The van der Waals surface area contributed by atoms with E-state index in [9.17, 15) is 0 Å². The summed E-state index contributed by atoms with van der Waals surface area (Å²) in [6.07, 6.45) is 2.24. The maximum Gasteiger partial charge on any atom is 0.174 e. The van der Waals surface area contributed by atoms with Crippen LogP contribution in [0.2, 0.25) is 10.0 Å². The normalized spacial score (nSPS) is 20.8. The van der Waals surface area contributed by atoms with Crippen molar-refractivity contribution in [3.05, 3.63) is 127 Å². The topological polar surface area (TPSA) is 18.8 Å². The second-order valence-electron chi connectivity index (χ2n) is 9.47. The van der Waals surface area contributed by atoms with Crippen LogP contribution in [0.4, 0.5) is 0 Å². The molecule has 3 heterocycles. The first-order valence-electron chi connectivity index (χ1n) is 11.9. The lowest BCUT2D eigenvalue weighted by atomic mass is 9.88. The van der Waals surface area contributed by atoms with Crippen LogP contribution in [-0.4, -0.2) is 35.1 Å². The van der Waals surface area contributed by atoms with E-state index in [-0.39, 0.29) is 6.04 Å². The van der Waals surface area contributed by atoms with E-state index in [1.165, 1.54) is 33.5 Å². The fourth-order valence-corrected chi connectivity index (χ4v) is 6.24. The Morgan fingerprint density at radius 3 is 2.25 bits per heavy atom. The van der Waals surface area contributed by atoms with Crippen LogP contribution in [0.25, 0.3) is 11.8 Å². The summed E-state index contributed by atoms with van der Waals surface area (Å²) >= 11 is 14.1. The lowest BCUT2D eigenvalue weighted by molar-refractivity contribution is 0.344. The van der Waals surface area contributed by atoms with Crippen LogP contribution in [0, 0.1) is 6.92 Å². The van der Waals surface area contributed by atoms with Gasteiger partial charge in [0.05, 0.1) is 17.4 Å². The molecule has 180 valence electrons. The highest BCUT2D eigenvalue weighted by Gasteiger charge is 2.41. The quantitative estimate of drug-likeness (QED) is 0.342. The van der Waals surface area contributed by atoms with Crippen LogP contribution < -0.4 is 0 Å². The summed E-state index contributed by atoms with van der Waals surface area (Å²) < 4.78 is 0. The molecule has 6 heteroatoms. The number of amidine groups is 1. The van der Waals surface area contributed by atoms with Crippen molar-refractivity contribution in [2.75, 3.05) is 20.1 Å². The number of aryl methyl sites for hydroxylation is 1. The fourth-order valence-electron chi connectivity index (χ4n) is 5.06. The van der Waals surface area contributed by atoms with Crippen LogP contribution in [0.5, 0.6) is 0 Å². The summed E-state index contributed by atoms with van der Waals surface area (Å²) in [6, 6.07) is 25.0. The minimum atomic E-state index is 0.0312. The van der Waals surface area contributed by atoms with E-state index in [1.807, 2.05) is 24.3 Å². The molecule has 3 aliphatic heterocycles. The van der Waals surface area contributed by atoms with Crippen molar-refractivity contribution in [2.45, 2.75) is 13.0 Å². The first kappa shape index (κ1) is 23.6. The maximum absolute atomic E-state index is 6.29. The van der Waals surface area contributed by atoms with E-state index in [1.54, 1.807) is 11.8 Å². The van der Waals surface area contributed by atoms with E-state index < -0.39 is 0 Å². The van der Waals surface area contributed by atoms with E-state index in [4.69, 9.17) is 28.2 Å². The zero-order valence-electron chi connectivity index (χ0n) is 20.1. The average Bonchev–Trinajstić information content (AvgIpc) is 3.29. The second-order valence-corrected chi connectivity index (χ2v) is 11.2. The van der Waals surface area contributed by atoms with Crippen LogP contribution >= 0.6 is 35.0 Å². The van der Waals surface area contributed by atoms with Gasteiger partial charge in [-0.2, -0.15) is 0 Å². The summed E-state index contributed by atoms with van der Waals surface area (Å²) in [6.45, 7) is 3.81. The summed E-state index contributed by atoms with van der Waals surface area (Å²) in [7, 11) is 2.17. The van der Waals surface area contributed by atoms with Gasteiger partial charge in [0.15, 0.2) is 5.17 Å². The van der Waals surface area contributed by atoms with Crippen molar-refractivity contribution in [3.63, 3.8) is 0 Å². The first-order chi connectivity index (χ1) is 17.5. The molecule has 36 heavy (non-hydrogen) atoms. The van der Waals surface area contributed by atoms with Gasteiger partial charge in [-0.25, -0.2) is 4.99 Å². The number of aliphatic imine (C=N–C) groups is 1. The molecule has 0 aliphatic carbocycles. The Bertz CT molecular complexity index is 1440. The van der Waals surface area contributed by atoms with Crippen molar-refractivity contribution in [2.24, 2.45) is 4.99 Å². The molecule has 0 spiro atoms. The number of benzene rings is 3. The summed E-state index contributed by atoms with van der Waals surface area (Å²) in [4.78, 5) is 10.0. The SMILES string of the molecule is Cc1ccc(C2=CSC3=NC4=C(CN(C)C/C4=C\c4ccc(Cl)cc4)C(c4ccc(Cl)cc4)N23)cc1. The second kappa shape index (κ2) is 9.60. The molecule has 3 aromatic rings. The van der Waals surface area contributed by atoms with Crippen LogP contribution in [0.3, 0.4) is 0 Å². The predicted molar refractivity (Wildman–Crippen MR) is 154 cm³/mol. The number of likely N-dealkylation sites (N-methyl/N-ethyl adjacent to an activating group) is 1. The number of fused-ring (bicyclic) bond motifs is 1. The van der Waals surface area contributed by atoms with E-state index in [0.717, 1.165) is 39.6 Å². The average molecular weight is 531 g/mol. The minimum Gasteiger partial charge on any atom is -0.308 e. The number of halogens is 2. The molecule has 0 aromatic heterocycles. The highest BCUT2D eigenvalue weighted by atomic mass is 35.5. The lowest BCUT2D eigenvalue weighted by Gasteiger charge is -2.42. The van der Waals surface area contributed by atoms with Crippen LogP contribution in [-0.2, 0) is 0 Å². The van der Waals surface area contributed by atoms with Gasteiger partial charge < -0.3 is 4.90 Å². The Morgan fingerprint density at radius 1 is 0.889 bits per heavy atom. The van der Waals surface area contributed by atoms with E-state index in [2.05, 4.69) is 83.8 Å². The maximum atomic E-state index is 6.29. The standard InChI is InChI=1S/C30H25Cl2N3S/c1-19-3-7-21(8-4-19)27-18-36-30-33-28-23(15-20-5-11-24(31)12-6-20)16-34(2)17-26(28)29(35(27)30)22-9-13-25(32)14-10-22/h3-15,18,29H,16-17H2,1-2H3/b23-15+. The molecule has 6 rings (SSSR count). The van der Waals surface area contributed by atoms with E-state index in [0.29, 0.717) is 0 Å². The number of thioether (sulfide) groups is 1. The van der Waals surface area contributed by atoms with Crippen molar-refractivity contribution < 1.29 is 0 Å². The van der Waals surface area contributed by atoms with Crippen LogP contribution in [0.1, 0.15) is 28.3 Å². The zero-order chi connectivity index (χ0) is 24.8. The molecule has 3 aliphatic rings. The Labute approximate surface area is 226 Å². The molecule has 0 fully saturated rings. The van der Waals surface area contributed by atoms with Gasteiger partial charge in [0.25, 0.3) is 0 Å². The Kier molecular flexibility index (Phi) is 6.30. The molecule has 0 saturated carbocycles. The molecular formula is C30H25Cl2N3S. The molecule has 3 nitrogen and oxygen atoms in total. The van der Waals surface area contributed by atoms with Crippen molar-refractivity contribution in [1.82, 2.24) is 9.80 Å². The van der Waals surface area contributed by atoms with Gasteiger partial charge in [0.2, 0.25) is 0 Å². The van der Waals surface area contributed by atoms with Gasteiger partial charge >= 0.3 is 0 Å². The van der Waals surface area contributed by atoms with Crippen LogP contribution in [0.15, 0.2) is 100 Å². The van der Waals surface area contributed by atoms with Crippen molar-refractivity contribution in [3.8, 4) is 0 Å². The Balaban J connectivity index is 1.50. The highest BCUT2D eigenvalue weighted by molar-refractivity contribution is 8.16. The van der Waals surface area contributed by atoms with Gasteiger partial charge in [-0.1, -0.05) is 89.1 Å². The van der Waals surface area contributed by atoms with Crippen molar-refractivity contribution >= 4 is 51.9 Å². The van der Waals surface area contributed by atoms with Crippen molar-refractivity contribution in [1.29, 1.82) is 0 Å². The Hall–Kier alpha value is -2.76. The number of rotatable bonds is 3. The third-order valence-corrected chi connectivity index (χ3v) is 8.11. The lowest BCUT2D eigenvalue weighted by Crippen LogP contribution is -2.40. The van der Waals surface area contributed by atoms with Gasteiger partial charge in [-0.3, -0.25) is 4.90 Å². The summed E-state index contributed by atoms with van der Waals surface area (Å²) in [5, 5.41) is 4.73. The molecule has 0 saturated heterocycles. The van der Waals surface area contributed by atoms with E-state index >= 15 is 0 Å². The third-order valence-electron chi connectivity index (χ3n) is 6.77. The molecular weight excluding hydrogens is 505 g/mol.